The summed E-state index contributed by atoms with van der Waals surface area (Å²) in [6.07, 6.45) is 1.49. The molecule has 11 heteroatoms. The van der Waals surface area contributed by atoms with Gasteiger partial charge in [0.2, 0.25) is 0 Å². The van der Waals surface area contributed by atoms with E-state index in [-0.39, 0.29) is 28.5 Å². The molecule has 234 valence electrons. The van der Waals surface area contributed by atoms with Gasteiger partial charge >= 0.3 is 0 Å². The molecule has 0 saturated carbocycles. The van der Waals surface area contributed by atoms with E-state index >= 15 is 0 Å². The molecule has 0 radical (unpaired) electrons. The summed E-state index contributed by atoms with van der Waals surface area (Å²) < 4.78 is 12.1. The number of hydrogen-bond acceptors (Lipinski definition) is 8. The van der Waals surface area contributed by atoms with E-state index in [0.717, 1.165) is 16.7 Å². The van der Waals surface area contributed by atoms with Crippen LogP contribution in [0.4, 0.5) is 17.2 Å². The minimum absolute atomic E-state index is 0.0920. The maximum atomic E-state index is 13.4. The first kappa shape index (κ1) is 31.4. The fourth-order valence-corrected chi connectivity index (χ4v) is 5.09. The molecule has 5 rings (SSSR count). The number of methoxy groups -OCH3 is 1. The van der Waals surface area contributed by atoms with E-state index in [9.17, 15) is 14.4 Å². The van der Waals surface area contributed by atoms with E-state index in [4.69, 9.17) is 9.47 Å². The van der Waals surface area contributed by atoms with Gasteiger partial charge in [-0.3, -0.25) is 14.4 Å². The molecule has 11 nitrogen and oxygen atoms in total. The average Bonchev–Trinajstić information content (AvgIpc) is 3.03. The summed E-state index contributed by atoms with van der Waals surface area (Å²) in [6, 6.07) is 16.1. The van der Waals surface area contributed by atoms with E-state index in [0.29, 0.717) is 60.4 Å². The molecule has 1 saturated heterocycles. The Morgan fingerprint density at radius 2 is 1.76 bits per heavy atom. The lowest BCUT2D eigenvalue weighted by atomic mass is 9.86. The van der Waals surface area contributed by atoms with Crippen molar-refractivity contribution >= 4 is 29.0 Å². The molecule has 0 atom stereocenters. The molecule has 0 aliphatic carbocycles. The van der Waals surface area contributed by atoms with Gasteiger partial charge in [0.05, 0.1) is 37.1 Å². The number of morpholine rings is 1. The molecule has 2 aromatic carbocycles. The number of anilines is 3. The van der Waals surface area contributed by atoms with E-state index in [2.05, 4.69) is 41.5 Å². The van der Waals surface area contributed by atoms with Crippen LogP contribution in [0.25, 0.3) is 11.3 Å². The van der Waals surface area contributed by atoms with Crippen molar-refractivity contribution in [2.24, 2.45) is 7.05 Å². The second-order valence-corrected chi connectivity index (χ2v) is 11.9. The molecule has 4 aromatic rings. The first-order valence-electron chi connectivity index (χ1n) is 14.7. The Balaban J connectivity index is 1.38. The normalized spacial score (nSPS) is 13.3. The average molecular weight is 611 g/mol. The summed E-state index contributed by atoms with van der Waals surface area (Å²) in [5.74, 6) is 0.496. The summed E-state index contributed by atoms with van der Waals surface area (Å²) in [5.41, 5.74) is 4.42. The van der Waals surface area contributed by atoms with Crippen LogP contribution in [-0.2, 0) is 17.2 Å². The first-order chi connectivity index (χ1) is 21.5. The molecule has 1 aliphatic rings. The van der Waals surface area contributed by atoms with E-state index in [1.54, 1.807) is 43.3 Å². The number of nitrogens with zero attached hydrogens (tertiary/aromatic N) is 4. The van der Waals surface area contributed by atoms with Crippen LogP contribution in [0.5, 0.6) is 5.75 Å². The Hall–Kier alpha value is -5.03. The van der Waals surface area contributed by atoms with Crippen molar-refractivity contribution in [2.75, 3.05) is 44.0 Å². The number of carbonyl (C=O) groups is 2. The van der Waals surface area contributed by atoms with Crippen LogP contribution in [0.15, 0.2) is 65.6 Å². The van der Waals surface area contributed by atoms with Crippen LogP contribution in [-0.4, -0.2) is 64.9 Å². The van der Waals surface area contributed by atoms with Gasteiger partial charge in [0, 0.05) is 37.6 Å². The summed E-state index contributed by atoms with van der Waals surface area (Å²) in [4.78, 5) is 45.3. The van der Waals surface area contributed by atoms with Gasteiger partial charge < -0.3 is 25.0 Å². The second-order valence-electron chi connectivity index (χ2n) is 11.9. The van der Waals surface area contributed by atoms with Gasteiger partial charge in [-0.2, -0.15) is 5.10 Å². The molecule has 0 bridgehead atoms. The predicted molar refractivity (Wildman–Crippen MR) is 174 cm³/mol. The molecular weight excluding hydrogens is 572 g/mol. The van der Waals surface area contributed by atoms with Crippen molar-refractivity contribution in [1.82, 2.24) is 19.7 Å². The molecule has 3 heterocycles. The fraction of sp³-hybridized carbons (Fsp3) is 0.324. The zero-order valence-electron chi connectivity index (χ0n) is 26.4. The zero-order chi connectivity index (χ0) is 32.3. The predicted octanol–water partition coefficient (Wildman–Crippen LogP) is 4.93. The molecule has 0 spiro atoms. The van der Waals surface area contributed by atoms with Crippen LogP contribution < -0.4 is 20.9 Å². The van der Waals surface area contributed by atoms with Gasteiger partial charge in [-0.15, -0.1) is 0 Å². The van der Waals surface area contributed by atoms with Crippen molar-refractivity contribution in [3.63, 3.8) is 0 Å². The molecule has 0 unspecified atom stereocenters. The Bertz CT molecular complexity index is 1790. The van der Waals surface area contributed by atoms with Crippen molar-refractivity contribution in [1.29, 1.82) is 0 Å². The SMILES string of the molecule is COc1cc(C(C)(C)C)ccc1C(=O)Nc1cccc(-c2cc(Nc3ccc(C(=O)N4CCOCC4)cn3)c(=O)n(C)n2)c1C. The zero-order valence-corrected chi connectivity index (χ0v) is 26.4. The van der Waals surface area contributed by atoms with E-state index < -0.39 is 0 Å². The summed E-state index contributed by atoms with van der Waals surface area (Å²) in [6.45, 7) is 10.3. The van der Waals surface area contributed by atoms with Crippen LogP contribution >= 0.6 is 0 Å². The molecule has 1 fully saturated rings. The number of rotatable bonds is 7. The highest BCUT2D eigenvalue weighted by molar-refractivity contribution is 6.07. The quantitative estimate of drug-likeness (QED) is 0.302. The minimum atomic E-state index is -0.345. The summed E-state index contributed by atoms with van der Waals surface area (Å²) in [5, 5.41) is 10.6. The topological polar surface area (TPSA) is 128 Å². The number of aromatic nitrogens is 3. The van der Waals surface area contributed by atoms with Crippen molar-refractivity contribution in [2.45, 2.75) is 33.1 Å². The van der Waals surface area contributed by atoms with E-state index in [1.807, 2.05) is 37.3 Å². The number of ether oxygens (including phenoxy) is 2. The molecule has 1 aliphatic heterocycles. The number of carbonyl (C=O) groups excluding carboxylic acids is 2. The van der Waals surface area contributed by atoms with Gasteiger partial charge in [0.25, 0.3) is 17.4 Å². The Labute approximate surface area is 262 Å². The standard InChI is InChI=1S/C34H38N6O5/c1-21-24(8-7-9-26(21)37-31(41)25-12-11-23(34(2,3)4)18-29(25)44-6)27-19-28(33(43)39(5)38-27)36-30-13-10-22(20-35-30)32(42)40-14-16-45-17-15-40/h7-13,18-20H,14-17H2,1-6H3,(H,35,36)(H,37,41). The lowest BCUT2D eigenvalue weighted by Crippen LogP contribution is -2.40. The maximum absolute atomic E-state index is 13.4. The molecule has 2 amide bonds. The van der Waals surface area contributed by atoms with Crippen LogP contribution in [0.3, 0.4) is 0 Å². The Kier molecular flexibility index (Phi) is 9.01. The van der Waals surface area contributed by atoms with E-state index in [1.165, 1.54) is 10.9 Å². The fourth-order valence-electron chi connectivity index (χ4n) is 5.09. The van der Waals surface area contributed by atoms with Gasteiger partial charge in [0.1, 0.15) is 17.3 Å². The third kappa shape index (κ3) is 6.88. The Morgan fingerprint density at radius 3 is 2.42 bits per heavy atom. The summed E-state index contributed by atoms with van der Waals surface area (Å²) in [7, 11) is 3.12. The van der Waals surface area contributed by atoms with Crippen LogP contribution in [0.2, 0.25) is 0 Å². The number of amides is 2. The maximum Gasteiger partial charge on any atom is 0.290 e. The third-order valence-corrected chi connectivity index (χ3v) is 7.80. The third-order valence-electron chi connectivity index (χ3n) is 7.80. The summed E-state index contributed by atoms with van der Waals surface area (Å²) >= 11 is 0. The van der Waals surface area contributed by atoms with Gasteiger partial charge in [-0.05, 0) is 59.9 Å². The van der Waals surface area contributed by atoms with Crippen molar-refractivity contribution in [3.05, 3.63) is 93.4 Å². The number of pyridine rings is 1. The number of hydrogen-bond donors (Lipinski definition) is 2. The molecule has 2 aromatic heterocycles. The van der Waals surface area contributed by atoms with Gasteiger partial charge in [-0.1, -0.05) is 39.0 Å². The first-order valence-corrected chi connectivity index (χ1v) is 14.7. The van der Waals surface area contributed by atoms with Gasteiger partial charge in [-0.25, -0.2) is 9.67 Å². The lowest BCUT2D eigenvalue weighted by molar-refractivity contribution is 0.0302. The van der Waals surface area contributed by atoms with Crippen LogP contribution in [0.1, 0.15) is 52.6 Å². The monoisotopic (exact) mass is 610 g/mol. The largest absolute Gasteiger partial charge is 0.496 e. The lowest BCUT2D eigenvalue weighted by Gasteiger charge is -2.26. The molecular formula is C34H38N6O5. The smallest absolute Gasteiger partial charge is 0.290 e. The van der Waals surface area contributed by atoms with Gasteiger partial charge in [0.15, 0.2) is 0 Å². The number of nitrogens with one attached hydrogen (secondary N) is 2. The molecule has 2 N–H and O–H groups in total. The van der Waals surface area contributed by atoms with Crippen molar-refractivity contribution in [3.8, 4) is 17.0 Å². The van der Waals surface area contributed by atoms with Crippen LogP contribution in [0, 0.1) is 6.92 Å². The number of benzene rings is 2. The highest BCUT2D eigenvalue weighted by atomic mass is 16.5. The highest BCUT2D eigenvalue weighted by Gasteiger charge is 2.21. The molecule has 45 heavy (non-hydrogen) atoms. The number of aryl methyl sites for hydroxylation is 1. The Morgan fingerprint density at radius 1 is 1.00 bits per heavy atom. The van der Waals surface area contributed by atoms with Crippen molar-refractivity contribution < 1.29 is 19.1 Å². The highest BCUT2D eigenvalue weighted by Crippen LogP contribution is 2.31. The second kappa shape index (κ2) is 12.9. The minimum Gasteiger partial charge on any atom is -0.496 e.